The molecule has 1 aliphatic heterocycles. The smallest absolute Gasteiger partial charge is 0.337 e. The maximum atomic E-state index is 12.2. The molecular formula is C25H22N2O3. The molecule has 150 valence electrons. The monoisotopic (exact) mass is 398 g/mol. The zero-order valence-corrected chi connectivity index (χ0v) is 17.0. The molecule has 0 saturated heterocycles. The van der Waals surface area contributed by atoms with Gasteiger partial charge in [-0.1, -0.05) is 24.3 Å². The maximum absolute atomic E-state index is 12.2. The second kappa shape index (κ2) is 8.40. The summed E-state index contributed by atoms with van der Waals surface area (Å²) in [6, 6.07) is 19.1. The molecular weight excluding hydrogens is 376 g/mol. The van der Waals surface area contributed by atoms with Crippen LogP contribution in [0, 0.1) is 6.57 Å². The summed E-state index contributed by atoms with van der Waals surface area (Å²) in [6.07, 6.45) is 0. The molecule has 30 heavy (non-hydrogen) atoms. The van der Waals surface area contributed by atoms with E-state index in [-0.39, 0.29) is 0 Å². The zero-order valence-electron chi connectivity index (χ0n) is 17.0. The summed E-state index contributed by atoms with van der Waals surface area (Å²) in [7, 11) is 3.47. The van der Waals surface area contributed by atoms with Crippen LogP contribution in [0.3, 0.4) is 0 Å². The topological polar surface area (TPSA) is 43.1 Å². The van der Waals surface area contributed by atoms with Crippen molar-refractivity contribution in [1.29, 1.82) is 0 Å². The molecule has 0 saturated carbocycles. The number of carbonyl (C=O) groups is 1. The van der Waals surface area contributed by atoms with Gasteiger partial charge >= 0.3 is 5.97 Å². The van der Waals surface area contributed by atoms with E-state index in [9.17, 15) is 4.79 Å². The summed E-state index contributed by atoms with van der Waals surface area (Å²) in [4.78, 5) is 17.9. The highest BCUT2D eigenvalue weighted by molar-refractivity contribution is 5.91. The average molecular weight is 398 g/mol. The Morgan fingerprint density at radius 2 is 1.87 bits per heavy atom. The summed E-state index contributed by atoms with van der Waals surface area (Å²) in [5.74, 6) is 0.407. The van der Waals surface area contributed by atoms with Gasteiger partial charge in [0.25, 0.3) is 0 Å². The van der Waals surface area contributed by atoms with Crippen molar-refractivity contribution in [1.82, 2.24) is 4.90 Å². The Kier molecular flexibility index (Phi) is 5.51. The SMILES string of the molecule is [C-]#[N+]c1cccc(-c2cc(COc3ccc4c(c3)CN(C)C4)cc(C(=O)OC)c2)c1. The fourth-order valence-corrected chi connectivity index (χ4v) is 3.73. The van der Waals surface area contributed by atoms with Gasteiger partial charge in [0, 0.05) is 13.1 Å². The van der Waals surface area contributed by atoms with E-state index in [4.69, 9.17) is 16.0 Å². The molecule has 0 aromatic heterocycles. The number of methoxy groups -OCH3 is 1. The van der Waals surface area contributed by atoms with Crippen molar-refractivity contribution in [2.45, 2.75) is 19.7 Å². The van der Waals surface area contributed by atoms with Gasteiger partial charge < -0.3 is 9.47 Å². The first kappa shape index (κ1) is 19.7. The van der Waals surface area contributed by atoms with E-state index < -0.39 is 5.97 Å². The van der Waals surface area contributed by atoms with E-state index in [1.807, 2.05) is 30.3 Å². The lowest BCUT2D eigenvalue weighted by Gasteiger charge is -2.12. The third kappa shape index (κ3) is 4.19. The van der Waals surface area contributed by atoms with Crippen LogP contribution >= 0.6 is 0 Å². The van der Waals surface area contributed by atoms with Crippen molar-refractivity contribution in [2.75, 3.05) is 14.2 Å². The van der Waals surface area contributed by atoms with Crippen LogP contribution in [0.5, 0.6) is 5.75 Å². The third-order valence-corrected chi connectivity index (χ3v) is 5.19. The van der Waals surface area contributed by atoms with Crippen molar-refractivity contribution in [3.63, 3.8) is 0 Å². The Hall–Kier alpha value is -3.62. The number of ether oxygens (including phenoxy) is 2. The highest BCUT2D eigenvalue weighted by Crippen LogP contribution is 2.29. The van der Waals surface area contributed by atoms with E-state index in [1.165, 1.54) is 18.2 Å². The fraction of sp³-hybridized carbons (Fsp3) is 0.200. The standard InChI is InChI=1S/C25H22N2O3/c1-26-23-6-4-5-18(12-23)20-9-17(10-21(11-20)25(28)29-3)16-30-24-8-7-19-14-27(2)15-22(19)13-24/h4-13H,14-16H2,2-3H3. The first-order chi connectivity index (χ1) is 14.6. The number of benzene rings is 3. The van der Waals surface area contributed by atoms with Crippen LogP contribution in [0.4, 0.5) is 5.69 Å². The molecule has 0 unspecified atom stereocenters. The van der Waals surface area contributed by atoms with Crippen molar-refractivity contribution in [2.24, 2.45) is 0 Å². The van der Waals surface area contributed by atoms with Crippen molar-refractivity contribution < 1.29 is 14.3 Å². The van der Waals surface area contributed by atoms with Crippen LogP contribution in [0.25, 0.3) is 16.0 Å². The minimum Gasteiger partial charge on any atom is -0.489 e. The molecule has 4 rings (SSSR count). The molecule has 0 atom stereocenters. The molecule has 3 aromatic carbocycles. The molecule has 1 aliphatic rings. The van der Waals surface area contributed by atoms with Crippen LogP contribution in [0.2, 0.25) is 0 Å². The Morgan fingerprint density at radius 3 is 2.67 bits per heavy atom. The van der Waals surface area contributed by atoms with Gasteiger partial charge in [0.15, 0.2) is 5.69 Å². The number of hydrogen-bond acceptors (Lipinski definition) is 4. The van der Waals surface area contributed by atoms with E-state index in [0.29, 0.717) is 17.9 Å². The van der Waals surface area contributed by atoms with Gasteiger partial charge in [-0.05, 0) is 71.3 Å². The van der Waals surface area contributed by atoms with Gasteiger partial charge in [-0.15, -0.1) is 0 Å². The molecule has 5 heteroatoms. The molecule has 0 N–H and O–H groups in total. The van der Waals surface area contributed by atoms with Gasteiger partial charge in [-0.3, -0.25) is 4.90 Å². The van der Waals surface area contributed by atoms with Crippen molar-refractivity contribution >= 4 is 11.7 Å². The van der Waals surface area contributed by atoms with Crippen LogP contribution in [-0.2, 0) is 24.4 Å². The van der Waals surface area contributed by atoms with Crippen molar-refractivity contribution in [3.8, 4) is 16.9 Å². The average Bonchev–Trinajstić information content (AvgIpc) is 3.16. The largest absolute Gasteiger partial charge is 0.489 e. The number of carbonyl (C=O) groups excluding carboxylic acids is 1. The summed E-state index contributed by atoms with van der Waals surface area (Å²) >= 11 is 0. The number of rotatable bonds is 5. The Morgan fingerprint density at radius 1 is 1.03 bits per heavy atom. The van der Waals surface area contributed by atoms with Crippen molar-refractivity contribution in [3.05, 3.63) is 94.3 Å². The first-order valence-electron chi connectivity index (χ1n) is 9.69. The molecule has 0 amide bonds. The van der Waals surface area contributed by atoms with Crippen LogP contribution in [0.15, 0.2) is 60.7 Å². The van der Waals surface area contributed by atoms with Gasteiger partial charge in [0.05, 0.1) is 19.2 Å². The Balaban J connectivity index is 1.62. The van der Waals surface area contributed by atoms with Gasteiger partial charge in [0.1, 0.15) is 12.4 Å². The minimum absolute atomic E-state index is 0.328. The third-order valence-electron chi connectivity index (χ3n) is 5.19. The van der Waals surface area contributed by atoms with Gasteiger partial charge in [-0.25, -0.2) is 9.64 Å². The number of hydrogen-bond donors (Lipinski definition) is 0. The highest BCUT2D eigenvalue weighted by atomic mass is 16.5. The molecule has 0 bridgehead atoms. The summed E-state index contributed by atoms with van der Waals surface area (Å²) < 4.78 is 11.0. The first-order valence-corrected chi connectivity index (χ1v) is 9.69. The lowest BCUT2D eigenvalue weighted by molar-refractivity contribution is 0.0600. The van der Waals surface area contributed by atoms with Crippen LogP contribution < -0.4 is 4.74 Å². The Bertz CT molecular complexity index is 1150. The normalized spacial score (nSPS) is 12.8. The van der Waals surface area contributed by atoms with E-state index in [2.05, 4.69) is 28.9 Å². The molecule has 0 fully saturated rings. The lowest BCUT2D eigenvalue weighted by Crippen LogP contribution is -2.07. The molecule has 0 spiro atoms. The zero-order chi connectivity index (χ0) is 21.1. The molecule has 3 aromatic rings. The van der Waals surface area contributed by atoms with Gasteiger partial charge in [0.2, 0.25) is 0 Å². The molecule has 0 aliphatic carbocycles. The van der Waals surface area contributed by atoms with Crippen LogP contribution in [-0.4, -0.2) is 25.0 Å². The Labute approximate surface area is 176 Å². The van der Waals surface area contributed by atoms with E-state index >= 15 is 0 Å². The van der Waals surface area contributed by atoms with Gasteiger partial charge in [-0.2, -0.15) is 0 Å². The number of fused-ring (bicyclic) bond motifs is 1. The van der Waals surface area contributed by atoms with E-state index in [1.54, 1.807) is 18.2 Å². The summed E-state index contributed by atoms with van der Waals surface area (Å²) in [6.45, 7) is 9.45. The summed E-state index contributed by atoms with van der Waals surface area (Å²) in [5.41, 5.74) is 6.20. The molecule has 5 nitrogen and oxygen atoms in total. The predicted octanol–water partition coefficient (Wildman–Crippen LogP) is 5.22. The predicted molar refractivity (Wildman–Crippen MR) is 115 cm³/mol. The maximum Gasteiger partial charge on any atom is 0.337 e. The quantitative estimate of drug-likeness (QED) is 0.437. The van der Waals surface area contributed by atoms with E-state index in [0.717, 1.165) is 35.5 Å². The summed E-state index contributed by atoms with van der Waals surface area (Å²) in [5, 5.41) is 0. The highest BCUT2D eigenvalue weighted by Gasteiger charge is 2.16. The molecule has 1 heterocycles. The lowest BCUT2D eigenvalue weighted by atomic mass is 9.99. The second-order valence-corrected chi connectivity index (χ2v) is 7.46. The fourth-order valence-electron chi connectivity index (χ4n) is 3.73. The molecule has 0 radical (unpaired) electrons. The number of esters is 1. The number of nitrogens with zero attached hydrogens (tertiary/aromatic N) is 2. The van der Waals surface area contributed by atoms with Crippen LogP contribution in [0.1, 0.15) is 27.0 Å². The minimum atomic E-state index is -0.403. The second-order valence-electron chi connectivity index (χ2n) is 7.46.